The Hall–Kier alpha value is -4.62. The zero-order valence-corrected chi connectivity index (χ0v) is 22.8. The molecule has 13 heteroatoms. The van der Waals surface area contributed by atoms with Gasteiger partial charge in [0.25, 0.3) is 0 Å². The minimum absolute atomic E-state index is 0.0839. The molecule has 0 aliphatic heterocycles. The van der Waals surface area contributed by atoms with Gasteiger partial charge in [-0.2, -0.15) is 10.2 Å². The highest BCUT2D eigenvalue weighted by Crippen LogP contribution is 2.22. The molecule has 0 fully saturated rings. The number of anilines is 1. The Bertz CT molecular complexity index is 1440. The van der Waals surface area contributed by atoms with E-state index in [9.17, 15) is 22.8 Å². The van der Waals surface area contributed by atoms with Crippen LogP contribution in [0, 0.1) is 0 Å². The lowest BCUT2D eigenvalue weighted by molar-refractivity contribution is -0.138. The third-order valence-electron chi connectivity index (χ3n) is 5.57. The molecule has 0 unspecified atom stereocenters. The van der Waals surface area contributed by atoms with Crippen molar-refractivity contribution in [3.63, 3.8) is 0 Å². The van der Waals surface area contributed by atoms with E-state index < -0.39 is 46.9 Å². The van der Waals surface area contributed by atoms with Gasteiger partial charge in [-0.1, -0.05) is 30.3 Å². The molecule has 210 valence electrons. The van der Waals surface area contributed by atoms with Crippen LogP contribution in [-0.4, -0.2) is 64.5 Å². The van der Waals surface area contributed by atoms with Gasteiger partial charge in [-0.25, -0.2) is 13.1 Å². The van der Waals surface area contributed by atoms with Gasteiger partial charge in [-0.05, 0) is 54.1 Å². The Morgan fingerprint density at radius 1 is 0.850 bits per heavy atom. The summed E-state index contributed by atoms with van der Waals surface area (Å²) in [7, 11) is -0.194. The maximum Gasteiger partial charge on any atom is 0.322 e. The Morgan fingerprint density at radius 3 is 1.98 bits per heavy atom. The molecule has 0 saturated carbocycles. The highest BCUT2D eigenvalue weighted by Gasteiger charge is 2.23. The summed E-state index contributed by atoms with van der Waals surface area (Å²) >= 11 is 0. The predicted octanol–water partition coefficient (Wildman–Crippen LogP) is 2.37. The van der Waals surface area contributed by atoms with E-state index in [1.165, 1.54) is 24.3 Å². The van der Waals surface area contributed by atoms with Crippen molar-refractivity contribution in [2.45, 2.75) is 17.4 Å². The zero-order valence-electron chi connectivity index (χ0n) is 21.9. The van der Waals surface area contributed by atoms with Crippen LogP contribution in [-0.2, 0) is 30.8 Å². The summed E-state index contributed by atoms with van der Waals surface area (Å²) in [6.45, 7) is -1.25. The molecule has 1 atom stereocenters. The first-order chi connectivity index (χ1) is 19.0. The number of hydrogen-bond acceptors (Lipinski definition) is 8. The van der Waals surface area contributed by atoms with Crippen molar-refractivity contribution in [1.82, 2.24) is 15.4 Å². The normalized spacial score (nSPS) is 12.1. The fraction of sp³-hybridized carbons (Fsp3) is 0.222. The number of carbonyl (C=O) groups excluding carboxylic acids is 2. The maximum atomic E-state index is 12.7. The molecular formula is C27H30N6O6S. The second kappa shape index (κ2) is 14.0. The van der Waals surface area contributed by atoms with Crippen molar-refractivity contribution in [3.8, 4) is 0 Å². The number of aliphatic carboxylic acids is 1. The average Bonchev–Trinajstić information content (AvgIpc) is 2.94. The number of sulfonamides is 1. The lowest BCUT2D eigenvalue weighted by Crippen LogP contribution is -2.51. The number of benzene rings is 3. The van der Waals surface area contributed by atoms with Gasteiger partial charge >= 0.3 is 5.97 Å². The number of azo groups is 1. The molecule has 0 aliphatic rings. The quantitative estimate of drug-likeness (QED) is 0.230. The highest BCUT2D eigenvalue weighted by atomic mass is 32.2. The number of amides is 2. The second-order valence-corrected chi connectivity index (χ2v) is 10.6. The first-order valence-electron chi connectivity index (χ1n) is 12.1. The van der Waals surface area contributed by atoms with Gasteiger partial charge in [-0.3, -0.25) is 14.4 Å². The summed E-state index contributed by atoms with van der Waals surface area (Å²) in [6, 6.07) is 20.7. The number of hydrogen-bond donors (Lipinski definition) is 4. The van der Waals surface area contributed by atoms with Crippen molar-refractivity contribution < 1.29 is 27.9 Å². The van der Waals surface area contributed by atoms with Gasteiger partial charge in [-0.15, -0.1) is 0 Å². The van der Waals surface area contributed by atoms with E-state index in [4.69, 9.17) is 5.11 Å². The van der Waals surface area contributed by atoms with Gasteiger partial charge in [0.15, 0.2) is 0 Å². The van der Waals surface area contributed by atoms with Crippen LogP contribution < -0.4 is 20.3 Å². The summed E-state index contributed by atoms with van der Waals surface area (Å²) in [5.74, 6) is -2.71. The molecule has 0 bridgehead atoms. The van der Waals surface area contributed by atoms with Crippen LogP contribution in [0.3, 0.4) is 0 Å². The van der Waals surface area contributed by atoms with Crippen molar-refractivity contribution >= 4 is 44.9 Å². The molecule has 40 heavy (non-hydrogen) atoms. The molecule has 0 aliphatic carbocycles. The second-order valence-electron chi connectivity index (χ2n) is 8.85. The van der Waals surface area contributed by atoms with Crippen LogP contribution in [0.5, 0.6) is 0 Å². The van der Waals surface area contributed by atoms with Crippen LogP contribution in [0.2, 0.25) is 0 Å². The van der Waals surface area contributed by atoms with Crippen molar-refractivity contribution in [2.24, 2.45) is 10.2 Å². The molecule has 0 heterocycles. The lowest BCUT2D eigenvalue weighted by Gasteiger charge is -2.18. The molecule has 4 N–H and O–H groups in total. The van der Waals surface area contributed by atoms with Crippen molar-refractivity contribution in [2.75, 3.05) is 32.1 Å². The van der Waals surface area contributed by atoms with Crippen LogP contribution >= 0.6 is 0 Å². The number of carbonyl (C=O) groups is 3. The van der Waals surface area contributed by atoms with Gasteiger partial charge in [0.1, 0.15) is 12.6 Å². The molecule has 0 spiro atoms. The summed E-state index contributed by atoms with van der Waals surface area (Å²) in [6.07, 6.45) is 0.0839. The summed E-state index contributed by atoms with van der Waals surface area (Å²) in [5, 5.41) is 21.8. The summed E-state index contributed by atoms with van der Waals surface area (Å²) in [5.41, 5.74) is 2.81. The molecular weight excluding hydrogens is 536 g/mol. The number of carboxylic acid groups (broad SMARTS) is 1. The van der Waals surface area contributed by atoms with E-state index in [-0.39, 0.29) is 11.3 Å². The lowest BCUT2D eigenvalue weighted by atomic mass is 10.1. The first kappa shape index (κ1) is 29.9. The van der Waals surface area contributed by atoms with Crippen LogP contribution in [0.25, 0.3) is 0 Å². The number of nitrogens with zero attached hydrogens (tertiary/aromatic N) is 3. The van der Waals surface area contributed by atoms with Crippen LogP contribution in [0.1, 0.15) is 5.56 Å². The standard InChI is InChI=1S/C27H30N6O6S/c1-33(2)22-12-8-20(9-13-22)31-32-21-10-14-23(15-11-21)40(38,39)29-17-25(34)30-24(27(37)28-18-26(35)36)16-19-6-4-3-5-7-19/h3-15,24,29H,16-18H2,1-2H3,(H,28,37)(H,30,34)(H,35,36)/t24-/m0/s1. The Balaban J connectivity index is 1.59. The topological polar surface area (TPSA) is 170 Å². The fourth-order valence-electron chi connectivity index (χ4n) is 3.46. The average molecular weight is 567 g/mol. The summed E-state index contributed by atoms with van der Waals surface area (Å²) in [4.78, 5) is 37.7. The monoisotopic (exact) mass is 566 g/mol. The van der Waals surface area contributed by atoms with Crippen molar-refractivity contribution in [1.29, 1.82) is 0 Å². The molecule has 0 saturated heterocycles. The van der Waals surface area contributed by atoms with Gasteiger partial charge < -0.3 is 20.6 Å². The minimum atomic E-state index is -4.05. The Kier molecular flexibility index (Phi) is 10.4. The number of rotatable bonds is 13. The van der Waals surface area contributed by atoms with Crippen molar-refractivity contribution in [3.05, 3.63) is 84.4 Å². The zero-order chi connectivity index (χ0) is 29.1. The van der Waals surface area contributed by atoms with Crippen LogP contribution in [0.4, 0.5) is 17.1 Å². The first-order valence-corrected chi connectivity index (χ1v) is 13.6. The fourth-order valence-corrected chi connectivity index (χ4v) is 4.44. The predicted molar refractivity (Wildman–Crippen MR) is 149 cm³/mol. The molecule has 12 nitrogen and oxygen atoms in total. The Morgan fingerprint density at radius 2 is 1.43 bits per heavy atom. The largest absolute Gasteiger partial charge is 0.480 e. The van der Waals surface area contributed by atoms with E-state index in [1.807, 2.05) is 43.3 Å². The molecule has 0 aromatic heterocycles. The number of carboxylic acids is 1. The van der Waals surface area contributed by atoms with Crippen LogP contribution in [0.15, 0.2) is 94.0 Å². The molecule has 2 amide bonds. The Labute approximate surface area is 232 Å². The minimum Gasteiger partial charge on any atom is -0.480 e. The highest BCUT2D eigenvalue weighted by molar-refractivity contribution is 7.89. The van der Waals surface area contributed by atoms with Gasteiger partial charge in [0.2, 0.25) is 21.8 Å². The molecule has 3 aromatic rings. The molecule has 3 aromatic carbocycles. The molecule has 0 radical (unpaired) electrons. The van der Waals surface area contributed by atoms with Gasteiger partial charge in [0, 0.05) is 26.2 Å². The SMILES string of the molecule is CN(C)c1ccc(N=Nc2ccc(S(=O)(=O)NCC(=O)N[C@@H](Cc3ccccc3)C(=O)NCC(=O)O)cc2)cc1. The third-order valence-corrected chi connectivity index (χ3v) is 6.98. The van der Waals surface area contributed by atoms with Gasteiger partial charge in [0.05, 0.1) is 22.8 Å². The molecule has 3 rings (SSSR count). The smallest absolute Gasteiger partial charge is 0.322 e. The van der Waals surface area contributed by atoms with E-state index in [0.717, 1.165) is 11.3 Å². The van der Waals surface area contributed by atoms with E-state index in [1.54, 1.807) is 30.3 Å². The van der Waals surface area contributed by atoms with E-state index in [2.05, 4.69) is 25.6 Å². The van der Waals surface area contributed by atoms with E-state index >= 15 is 0 Å². The summed E-state index contributed by atoms with van der Waals surface area (Å²) < 4.78 is 27.6. The third kappa shape index (κ3) is 9.29. The number of nitrogens with one attached hydrogen (secondary N) is 3. The van der Waals surface area contributed by atoms with E-state index in [0.29, 0.717) is 11.4 Å². The maximum absolute atomic E-state index is 12.7.